The standard InChI is InChI=1S/C15H14BrN5/c16-10-2-1-3-11(7-10)19-8-9-4-5-13-12(6-9)14(17)21-15(18)20-13/h1-7,19H,8H2,(H4,17,18,20,21). The van der Waals surface area contributed by atoms with E-state index in [0.717, 1.165) is 26.6 Å². The second-order valence-corrected chi connectivity index (χ2v) is 5.60. The van der Waals surface area contributed by atoms with Gasteiger partial charge in [-0.25, -0.2) is 4.98 Å². The number of nitrogens with two attached hydrogens (primary N) is 2. The monoisotopic (exact) mass is 343 g/mol. The predicted molar refractivity (Wildman–Crippen MR) is 89.8 cm³/mol. The number of fused-ring (bicyclic) bond motifs is 1. The van der Waals surface area contributed by atoms with E-state index in [1.54, 1.807) is 0 Å². The number of hydrogen-bond acceptors (Lipinski definition) is 5. The molecule has 5 N–H and O–H groups in total. The van der Waals surface area contributed by atoms with Gasteiger partial charge in [-0.3, -0.25) is 0 Å². The SMILES string of the molecule is Nc1nc(N)c2cc(CNc3cccc(Br)c3)ccc2n1. The van der Waals surface area contributed by atoms with Crippen molar-refractivity contribution in [2.45, 2.75) is 6.54 Å². The van der Waals surface area contributed by atoms with Gasteiger partial charge in [0.2, 0.25) is 5.95 Å². The molecule has 3 aromatic rings. The van der Waals surface area contributed by atoms with Crippen LogP contribution in [0.4, 0.5) is 17.5 Å². The fourth-order valence-electron chi connectivity index (χ4n) is 2.13. The molecule has 0 saturated heterocycles. The minimum Gasteiger partial charge on any atom is -0.383 e. The van der Waals surface area contributed by atoms with Crippen LogP contribution in [0, 0.1) is 0 Å². The van der Waals surface area contributed by atoms with Crippen molar-refractivity contribution in [3.8, 4) is 0 Å². The van der Waals surface area contributed by atoms with E-state index in [1.807, 2.05) is 42.5 Å². The molecule has 0 aliphatic rings. The van der Waals surface area contributed by atoms with Crippen LogP contribution < -0.4 is 16.8 Å². The van der Waals surface area contributed by atoms with E-state index in [4.69, 9.17) is 11.5 Å². The number of anilines is 3. The molecule has 0 spiro atoms. The van der Waals surface area contributed by atoms with Crippen molar-refractivity contribution in [3.05, 3.63) is 52.5 Å². The van der Waals surface area contributed by atoms with Crippen LogP contribution >= 0.6 is 15.9 Å². The molecular weight excluding hydrogens is 330 g/mol. The third-order valence-corrected chi connectivity index (χ3v) is 3.62. The van der Waals surface area contributed by atoms with Gasteiger partial charge in [-0.1, -0.05) is 28.1 Å². The first-order valence-electron chi connectivity index (χ1n) is 6.43. The Balaban J connectivity index is 1.85. The summed E-state index contributed by atoms with van der Waals surface area (Å²) in [6.45, 7) is 0.691. The summed E-state index contributed by atoms with van der Waals surface area (Å²) >= 11 is 3.45. The highest BCUT2D eigenvalue weighted by Crippen LogP contribution is 2.21. The Labute approximate surface area is 130 Å². The van der Waals surface area contributed by atoms with Gasteiger partial charge in [0.15, 0.2) is 0 Å². The lowest BCUT2D eigenvalue weighted by Crippen LogP contribution is -2.02. The highest BCUT2D eigenvalue weighted by atomic mass is 79.9. The van der Waals surface area contributed by atoms with E-state index in [0.29, 0.717) is 12.4 Å². The summed E-state index contributed by atoms with van der Waals surface area (Å²) in [5.41, 5.74) is 14.4. The van der Waals surface area contributed by atoms with Crippen molar-refractivity contribution in [2.75, 3.05) is 16.8 Å². The van der Waals surface area contributed by atoms with Crippen LogP contribution in [0.5, 0.6) is 0 Å². The van der Waals surface area contributed by atoms with Crippen LogP contribution in [-0.4, -0.2) is 9.97 Å². The van der Waals surface area contributed by atoms with Crippen molar-refractivity contribution in [3.63, 3.8) is 0 Å². The van der Waals surface area contributed by atoms with Crippen LogP contribution in [0.2, 0.25) is 0 Å². The smallest absolute Gasteiger partial charge is 0.222 e. The van der Waals surface area contributed by atoms with E-state index >= 15 is 0 Å². The molecule has 0 radical (unpaired) electrons. The minimum atomic E-state index is 0.194. The maximum Gasteiger partial charge on any atom is 0.222 e. The van der Waals surface area contributed by atoms with Crippen molar-refractivity contribution in [2.24, 2.45) is 0 Å². The normalized spacial score (nSPS) is 10.7. The number of aromatic nitrogens is 2. The topological polar surface area (TPSA) is 89.8 Å². The molecule has 0 unspecified atom stereocenters. The first kappa shape index (κ1) is 13.6. The maximum atomic E-state index is 5.90. The first-order chi connectivity index (χ1) is 10.1. The average Bonchev–Trinajstić information content (AvgIpc) is 2.45. The molecule has 21 heavy (non-hydrogen) atoms. The second kappa shape index (κ2) is 5.57. The van der Waals surface area contributed by atoms with Gasteiger partial charge in [0, 0.05) is 22.1 Å². The average molecular weight is 344 g/mol. The largest absolute Gasteiger partial charge is 0.383 e. The van der Waals surface area contributed by atoms with Gasteiger partial charge >= 0.3 is 0 Å². The van der Waals surface area contributed by atoms with Crippen molar-refractivity contribution in [1.29, 1.82) is 0 Å². The molecule has 0 saturated carbocycles. The van der Waals surface area contributed by atoms with Gasteiger partial charge < -0.3 is 16.8 Å². The molecule has 106 valence electrons. The summed E-state index contributed by atoms with van der Waals surface area (Å²) in [5.74, 6) is 0.599. The molecule has 0 bridgehead atoms. The van der Waals surface area contributed by atoms with E-state index in [-0.39, 0.29) is 5.95 Å². The Morgan fingerprint density at radius 3 is 2.71 bits per heavy atom. The number of nitrogens with one attached hydrogen (secondary N) is 1. The summed E-state index contributed by atoms with van der Waals surface area (Å²) in [6.07, 6.45) is 0. The van der Waals surface area contributed by atoms with Crippen LogP contribution in [-0.2, 0) is 6.54 Å². The van der Waals surface area contributed by atoms with Crippen molar-refractivity contribution in [1.82, 2.24) is 9.97 Å². The third kappa shape index (κ3) is 3.05. The molecular formula is C15H14BrN5. The quantitative estimate of drug-likeness (QED) is 0.679. The summed E-state index contributed by atoms with van der Waals surface area (Å²) < 4.78 is 1.04. The fraction of sp³-hybridized carbons (Fsp3) is 0.0667. The molecule has 0 aliphatic heterocycles. The Kier molecular flexibility index (Phi) is 3.62. The van der Waals surface area contributed by atoms with E-state index < -0.39 is 0 Å². The van der Waals surface area contributed by atoms with Gasteiger partial charge in [0.25, 0.3) is 0 Å². The second-order valence-electron chi connectivity index (χ2n) is 4.68. The van der Waals surface area contributed by atoms with Crippen molar-refractivity contribution >= 4 is 44.3 Å². The molecule has 6 heteroatoms. The lowest BCUT2D eigenvalue weighted by molar-refractivity contribution is 1.15. The van der Waals surface area contributed by atoms with Crippen LogP contribution in [0.1, 0.15) is 5.56 Å². The van der Waals surface area contributed by atoms with Crippen LogP contribution in [0.3, 0.4) is 0 Å². The van der Waals surface area contributed by atoms with E-state index in [1.165, 1.54) is 0 Å². The molecule has 0 fully saturated rings. The molecule has 5 nitrogen and oxygen atoms in total. The molecule has 2 aromatic carbocycles. The van der Waals surface area contributed by atoms with Gasteiger partial charge in [-0.15, -0.1) is 0 Å². The first-order valence-corrected chi connectivity index (χ1v) is 7.22. The number of benzene rings is 2. The lowest BCUT2D eigenvalue weighted by Gasteiger charge is -2.09. The van der Waals surface area contributed by atoms with Gasteiger partial charge in [0.1, 0.15) is 5.82 Å². The molecule has 0 atom stereocenters. The summed E-state index contributed by atoms with van der Waals surface area (Å²) in [5, 5.41) is 4.18. The number of nitrogens with zero attached hydrogens (tertiary/aromatic N) is 2. The summed E-state index contributed by atoms with van der Waals surface area (Å²) in [7, 11) is 0. The Morgan fingerprint density at radius 1 is 1.05 bits per heavy atom. The maximum absolute atomic E-state index is 5.90. The minimum absolute atomic E-state index is 0.194. The molecule has 1 aromatic heterocycles. The van der Waals surface area contributed by atoms with E-state index in [2.05, 4.69) is 31.2 Å². The predicted octanol–water partition coefficient (Wildman–Crippen LogP) is 3.17. The van der Waals surface area contributed by atoms with Crippen LogP contribution in [0.15, 0.2) is 46.9 Å². The number of rotatable bonds is 3. The lowest BCUT2D eigenvalue weighted by atomic mass is 10.1. The number of hydrogen-bond donors (Lipinski definition) is 3. The van der Waals surface area contributed by atoms with Crippen LogP contribution in [0.25, 0.3) is 10.9 Å². The highest BCUT2D eigenvalue weighted by molar-refractivity contribution is 9.10. The molecule has 3 rings (SSSR count). The molecule has 1 heterocycles. The number of nitrogen functional groups attached to an aromatic ring is 2. The highest BCUT2D eigenvalue weighted by Gasteiger charge is 2.04. The third-order valence-electron chi connectivity index (χ3n) is 3.13. The zero-order chi connectivity index (χ0) is 14.8. The summed E-state index contributed by atoms with van der Waals surface area (Å²) in [6, 6.07) is 13.9. The Bertz CT molecular complexity index is 803. The zero-order valence-corrected chi connectivity index (χ0v) is 12.8. The summed E-state index contributed by atoms with van der Waals surface area (Å²) in [4.78, 5) is 8.16. The van der Waals surface area contributed by atoms with Gasteiger partial charge in [0.05, 0.1) is 5.52 Å². The van der Waals surface area contributed by atoms with Gasteiger partial charge in [-0.2, -0.15) is 4.98 Å². The number of halogens is 1. The van der Waals surface area contributed by atoms with Crippen molar-refractivity contribution < 1.29 is 0 Å². The Morgan fingerprint density at radius 2 is 1.90 bits per heavy atom. The molecule has 0 aliphatic carbocycles. The fourth-order valence-corrected chi connectivity index (χ4v) is 2.53. The van der Waals surface area contributed by atoms with Gasteiger partial charge in [-0.05, 0) is 35.9 Å². The molecule has 0 amide bonds. The Hall–Kier alpha value is -2.34. The zero-order valence-electron chi connectivity index (χ0n) is 11.2. The van der Waals surface area contributed by atoms with E-state index in [9.17, 15) is 0 Å².